The molecule has 0 radical (unpaired) electrons. The standard InChI is InChI=1S/C20H29N7O/c1-13(12-28-3)14(8-21)7-19(23)27-20-5-4-17-18(26-20)6-15(11-25-17)16(9-22)10-24-2/h4-11,13,20,22,24,26-27H,12,21,23H2,1-3H3/b14-8+,16-10+,19-7+,22-9?. The number of hydrogen-bond acceptors (Lipinski definition) is 8. The summed E-state index contributed by atoms with van der Waals surface area (Å²) in [6.45, 7) is 2.58. The van der Waals surface area contributed by atoms with Crippen molar-refractivity contribution in [2.24, 2.45) is 17.4 Å². The molecule has 1 aliphatic rings. The summed E-state index contributed by atoms with van der Waals surface area (Å²) in [5, 5.41) is 17.1. The number of aromatic nitrogens is 1. The third-order valence-corrected chi connectivity index (χ3v) is 4.29. The molecule has 150 valence electrons. The van der Waals surface area contributed by atoms with E-state index in [1.807, 2.05) is 31.2 Å². The molecule has 0 spiro atoms. The first kappa shape index (κ1) is 21.0. The third kappa shape index (κ3) is 5.37. The summed E-state index contributed by atoms with van der Waals surface area (Å²) in [7, 11) is 3.45. The van der Waals surface area contributed by atoms with E-state index < -0.39 is 0 Å². The van der Waals surface area contributed by atoms with Gasteiger partial charge in [0.05, 0.1) is 23.8 Å². The lowest BCUT2D eigenvalue weighted by molar-refractivity contribution is 0.173. The van der Waals surface area contributed by atoms with Crippen molar-refractivity contribution in [3.63, 3.8) is 0 Å². The summed E-state index contributed by atoms with van der Waals surface area (Å²) in [6.07, 6.45) is 11.8. The number of fused-ring (bicyclic) bond motifs is 1. The molecule has 2 unspecified atom stereocenters. The normalized spacial score (nSPS) is 18.1. The molecule has 0 aromatic carbocycles. The first-order valence-corrected chi connectivity index (χ1v) is 8.99. The number of nitrogens with two attached hydrogens (primary N) is 2. The average molecular weight is 384 g/mol. The number of methoxy groups -OCH3 is 1. The van der Waals surface area contributed by atoms with Gasteiger partial charge in [-0.2, -0.15) is 0 Å². The number of ether oxygens (including phenoxy) is 1. The van der Waals surface area contributed by atoms with E-state index in [4.69, 9.17) is 21.6 Å². The lowest BCUT2D eigenvalue weighted by Gasteiger charge is -2.24. The topological polar surface area (TPSA) is 134 Å². The van der Waals surface area contributed by atoms with Gasteiger partial charge in [-0.1, -0.05) is 6.92 Å². The van der Waals surface area contributed by atoms with Crippen molar-refractivity contribution in [2.45, 2.75) is 13.1 Å². The van der Waals surface area contributed by atoms with Crippen LogP contribution in [0.25, 0.3) is 11.6 Å². The van der Waals surface area contributed by atoms with Crippen LogP contribution in [-0.4, -0.2) is 38.1 Å². The molecule has 2 heterocycles. The van der Waals surface area contributed by atoms with Crippen molar-refractivity contribution in [1.82, 2.24) is 15.6 Å². The molecule has 0 aliphatic carbocycles. The van der Waals surface area contributed by atoms with Crippen molar-refractivity contribution < 1.29 is 4.74 Å². The van der Waals surface area contributed by atoms with Crippen molar-refractivity contribution in [3.8, 4) is 0 Å². The van der Waals surface area contributed by atoms with Crippen LogP contribution in [0.2, 0.25) is 0 Å². The van der Waals surface area contributed by atoms with Crippen LogP contribution >= 0.6 is 0 Å². The zero-order chi connectivity index (χ0) is 20.5. The van der Waals surface area contributed by atoms with Gasteiger partial charge in [-0.3, -0.25) is 4.98 Å². The Hall–Kier alpha value is -3.26. The van der Waals surface area contributed by atoms with Crippen LogP contribution in [0, 0.1) is 11.3 Å². The molecule has 0 amide bonds. The van der Waals surface area contributed by atoms with Gasteiger partial charge in [-0.25, -0.2) is 0 Å². The average Bonchev–Trinajstić information content (AvgIpc) is 2.69. The highest BCUT2D eigenvalue weighted by Gasteiger charge is 2.15. The number of hydrogen-bond donors (Lipinski definition) is 6. The predicted octanol–water partition coefficient (Wildman–Crippen LogP) is 1.57. The Balaban J connectivity index is 2.13. The van der Waals surface area contributed by atoms with Crippen LogP contribution in [-0.2, 0) is 4.74 Å². The molecule has 8 heteroatoms. The highest BCUT2D eigenvalue weighted by atomic mass is 16.5. The number of pyridine rings is 1. The minimum Gasteiger partial charge on any atom is -0.404 e. The van der Waals surface area contributed by atoms with Crippen LogP contribution in [0.5, 0.6) is 0 Å². The van der Waals surface area contributed by atoms with Crippen LogP contribution in [0.3, 0.4) is 0 Å². The number of nitrogens with zero attached hydrogens (tertiary/aromatic N) is 1. The van der Waals surface area contributed by atoms with E-state index in [1.54, 1.807) is 32.8 Å². The predicted molar refractivity (Wildman–Crippen MR) is 115 cm³/mol. The summed E-state index contributed by atoms with van der Waals surface area (Å²) in [5.41, 5.74) is 16.0. The Morgan fingerprint density at radius 1 is 1.50 bits per heavy atom. The fourth-order valence-electron chi connectivity index (χ4n) is 2.83. The van der Waals surface area contributed by atoms with Gasteiger partial charge >= 0.3 is 0 Å². The van der Waals surface area contributed by atoms with Gasteiger partial charge in [0.25, 0.3) is 0 Å². The molecule has 8 N–H and O–H groups in total. The van der Waals surface area contributed by atoms with Crippen molar-refractivity contribution >= 4 is 23.6 Å². The first-order chi connectivity index (χ1) is 13.5. The van der Waals surface area contributed by atoms with E-state index >= 15 is 0 Å². The Kier molecular flexibility index (Phi) is 7.65. The molecule has 1 aromatic heterocycles. The van der Waals surface area contributed by atoms with Gasteiger partial charge in [0, 0.05) is 49.8 Å². The Labute approximate surface area is 165 Å². The van der Waals surface area contributed by atoms with Crippen LogP contribution < -0.4 is 27.4 Å². The molecular weight excluding hydrogens is 354 g/mol. The monoisotopic (exact) mass is 383 g/mol. The maximum atomic E-state index is 7.56. The largest absolute Gasteiger partial charge is 0.404 e. The summed E-state index contributed by atoms with van der Waals surface area (Å²) < 4.78 is 5.17. The fourth-order valence-corrected chi connectivity index (χ4v) is 2.83. The lowest BCUT2D eigenvalue weighted by Crippen LogP contribution is -2.38. The SMILES string of the molecule is CN/C=C(\C=N)c1cnc2c(c1)NC(N/C(N)=C/C(=C\N)C(C)COC)C=C2. The van der Waals surface area contributed by atoms with Crippen LogP contribution in [0.15, 0.2) is 48.2 Å². The lowest BCUT2D eigenvalue weighted by atomic mass is 10.0. The van der Waals surface area contributed by atoms with Gasteiger partial charge in [0.1, 0.15) is 6.17 Å². The number of rotatable bonds is 9. The molecule has 1 aromatic rings. The maximum Gasteiger partial charge on any atom is 0.117 e. The second-order valence-corrected chi connectivity index (χ2v) is 6.44. The van der Waals surface area contributed by atoms with Crippen molar-refractivity contribution in [3.05, 3.63) is 59.5 Å². The molecule has 0 saturated heterocycles. The molecule has 2 rings (SSSR count). The van der Waals surface area contributed by atoms with Crippen molar-refractivity contribution in [1.29, 1.82) is 5.41 Å². The molecular formula is C20H29N7O. The first-order valence-electron chi connectivity index (χ1n) is 8.99. The number of nitrogens with one attached hydrogen (secondary N) is 4. The summed E-state index contributed by atoms with van der Waals surface area (Å²) in [4.78, 5) is 4.45. The highest BCUT2D eigenvalue weighted by Crippen LogP contribution is 2.24. The van der Waals surface area contributed by atoms with Gasteiger partial charge in [-0.15, -0.1) is 0 Å². The van der Waals surface area contributed by atoms with Crippen molar-refractivity contribution in [2.75, 3.05) is 26.1 Å². The Morgan fingerprint density at radius 3 is 2.93 bits per heavy atom. The quantitative estimate of drug-likeness (QED) is 0.281. The molecule has 0 fully saturated rings. The summed E-state index contributed by atoms with van der Waals surface area (Å²) in [6, 6.07) is 1.96. The summed E-state index contributed by atoms with van der Waals surface area (Å²) in [5.74, 6) is 0.626. The Morgan fingerprint density at radius 2 is 2.29 bits per heavy atom. The minimum atomic E-state index is -0.200. The van der Waals surface area contributed by atoms with E-state index in [9.17, 15) is 0 Å². The highest BCUT2D eigenvalue weighted by molar-refractivity contribution is 6.08. The smallest absolute Gasteiger partial charge is 0.117 e. The van der Waals surface area contributed by atoms with E-state index in [1.165, 1.54) is 6.21 Å². The van der Waals surface area contributed by atoms with Crippen LogP contribution in [0.1, 0.15) is 18.2 Å². The molecule has 2 atom stereocenters. The van der Waals surface area contributed by atoms with E-state index in [2.05, 4.69) is 20.9 Å². The zero-order valence-corrected chi connectivity index (χ0v) is 16.5. The second-order valence-electron chi connectivity index (χ2n) is 6.44. The molecule has 8 nitrogen and oxygen atoms in total. The van der Waals surface area contributed by atoms with E-state index in [-0.39, 0.29) is 12.1 Å². The van der Waals surface area contributed by atoms with Crippen LogP contribution in [0.4, 0.5) is 5.69 Å². The van der Waals surface area contributed by atoms with Gasteiger partial charge in [0.15, 0.2) is 0 Å². The molecule has 28 heavy (non-hydrogen) atoms. The maximum absolute atomic E-state index is 7.56. The molecule has 1 aliphatic heterocycles. The molecule has 0 saturated carbocycles. The van der Waals surface area contributed by atoms with Gasteiger partial charge in [0.2, 0.25) is 0 Å². The molecule has 0 bridgehead atoms. The number of anilines is 1. The van der Waals surface area contributed by atoms with E-state index in [0.717, 1.165) is 28.1 Å². The zero-order valence-electron chi connectivity index (χ0n) is 16.5. The van der Waals surface area contributed by atoms with Gasteiger partial charge in [-0.05, 0) is 36.1 Å². The number of allylic oxidation sites excluding steroid dienone is 2. The fraction of sp³-hybridized carbons (Fsp3) is 0.300. The third-order valence-electron chi connectivity index (χ3n) is 4.29. The Bertz CT molecular complexity index is 811. The van der Waals surface area contributed by atoms with E-state index in [0.29, 0.717) is 12.4 Å². The summed E-state index contributed by atoms with van der Waals surface area (Å²) >= 11 is 0. The minimum absolute atomic E-state index is 0.135. The second kappa shape index (κ2) is 10.2. The van der Waals surface area contributed by atoms with Gasteiger partial charge < -0.3 is 37.6 Å².